The van der Waals surface area contributed by atoms with E-state index in [-0.39, 0.29) is 5.92 Å². The smallest absolute Gasteiger partial charge is 0.223 e. The fourth-order valence-electron chi connectivity index (χ4n) is 6.10. The molecule has 5 fully saturated rings. The molecule has 21 heavy (non-hydrogen) atoms. The first-order valence-electron chi connectivity index (χ1n) is 8.88. The molecule has 4 bridgehead atoms. The third kappa shape index (κ3) is 2.23. The number of rotatable bonds is 3. The minimum absolute atomic E-state index is 0.237. The molecule has 0 aromatic rings. The Labute approximate surface area is 128 Å². The van der Waals surface area contributed by atoms with Crippen molar-refractivity contribution in [3.63, 3.8) is 0 Å². The highest BCUT2D eigenvalue weighted by atomic mass is 16.3. The zero-order chi connectivity index (χ0) is 14.8. The molecule has 1 heterocycles. The minimum Gasteiger partial charge on any atom is -0.386 e. The topological polar surface area (TPSA) is 40.5 Å². The van der Waals surface area contributed by atoms with Crippen molar-refractivity contribution in [1.29, 1.82) is 0 Å². The first-order chi connectivity index (χ1) is 9.87. The van der Waals surface area contributed by atoms with Gasteiger partial charge in [0.25, 0.3) is 0 Å². The number of likely N-dealkylation sites (tertiary alicyclic amines) is 1. The van der Waals surface area contributed by atoms with Crippen LogP contribution in [-0.2, 0) is 4.79 Å². The van der Waals surface area contributed by atoms with Crippen molar-refractivity contribution in [2.24, 2.45) is 29.1 Å². The number of carbonyl (C=O) groups excluding carboxylic acids is 1. The molecule has 5 aliphatic rings. The fourth-order valence-corrected chi connectivity index (χ4v) is 6.10. The zero-order valence-electron chi connectivity index (χ0n) is 13.5. The van der Waals surface area contributed by atoms with Crippen molar-refractivity contribution >= 4 is 5.91 Å². The second kappa shape index (κ2) is 4.47. The van der Waals surface area contributed by atoms with E-state index in [1.165, 1.54) is 38.5 Å². The number of nitrogens with zero attached hydrogens (tertiary/aromatic N) is 1. The lowest BCUT2D eigenvalue weighted by molar-refractivity contribution is -0.169. The Morgan fingerprint density at radius 3 is 2.00 bits per heavy atom. The van der Waals surface area contributed by atoms with E-state index in [9.17, 15) is 9.90 Å². The van der Waals surface area contributed by atoms with E-state index < -0.39 is 5.60 Å². The highest BCUT2D eigenvalue weighted by Gasteiger charge is 2.53. The maximum Gasteiger partial charge on any atom is 0.223 e. The molecular weight excluding hydrogens is 262 g/mol. The van der Waals surface area contributed by atoms with Crippen LogP contribution in [0, 0.1) is 29.1 Å². The van der Waals surface area contributed by atoms with Gasteiger partial charge in [0, 0.05) is 6.42 Å². The molecule has 5 rings (SSSR count). The summed E-state index contributed by atoms with van der Waals surface area (Å²) in [6.45, 7) is 5.19. The van der Waals surface area contributed by atoms with Gasteiger partial charge in [0.15, 0.2) is 0 Å². The van der Waals surface area contributed by atoms with Gasteiger partial charge in [-0.15, -0.1) is 0 Å². The number of hydrogen-bond donors (Lipinski definition) is 1. The first-order valence-corrected chi connectivity index (χ1v) is 8.88. The van der Waals surface area contributed by atoms with E-state index in [2.05, 4.69) is 0 Å². The van der Waals surface area contributed by atoms with Gasteiger partial charge in [-0.3, -0.25) is 4.79 Å². The molecule has 1 saturated heterocycles. The van der Waals surface area contributed by atoms with Crippen LogP contribution >= 0.6 is 0 Å². The summed E-state index contributed by atoms with van der Waals surface area (Å²) in [5.74, 6) is 3.28. The van der Waals surface area contributed by atoms with Crippen LogP contribution in [0.4, 0.5) is 0 Å². The van der Waals surface area contributed by atoms with Gasteiger partial charge in [0.05, 0.1) is 13.1 Å². The third-order valence-electron chi connectivity index (χ3n) is 7.05. The van der Waals surface area contributed by atoms with Crippen molar-refractivity contribution in [2.75, 3.05) is 13.1 Å². The molecule has 1 amide bonds. The van der Waals surface area contributed by atoms with E-state index in [0.717, 1.165) is 24.2 Å². The van der Waals surface area contributed by atoms with Gasteiger partial charge in [-0.05, 0) is 67.6 Å². The quantitative estimate of drug-likeness (QED) is 0.868. The molecular formula is C18H29NO2. The Balaban J connectivity index is 1.40. The van der Waals surface area contributed by atoms with E-state index in [0.29, 0.717) is 24.4 Å². The molecule has 1 aliphatic heterocycles. The van der Waals surface area contributed by atoms with E-state index in [1.54, 1.807) is 0 Å². The van der Waals surface area contributed by atoms with Gasteiger partial charge < -0.3 is 10.0 Å². The molecule has 0 radical (unpaired) electrons. The summed E-state index contributed by atoms with van der Waals surface area (Å²) in [4.78, 5) is 14.5. The molecule has 3 nitrogen and oxygen atoms in total. The first kappa shape index (κ1) is 14.0. The Hall–Kier alpha value is -0.570. The molecule has 0 spiro atoms. The largest absolute Gasteiger partial charge is 0.386 e. The Morgan fingerprint density at radius 2 is 1.57 bits per heavy atom. The Bertz CT molecular complexity index is 415. The maximum atomic E-state index is 12.6. The predicted octanol–water partition coefficient (Wildman–Crippen LogP) is 2.82. The fraction of sp³-hybridized carbons (Fsp3) is 0.944. The lowest BCUT2D eigenvalue weighted by Gasteiger charge is -2.57. The van der Waals surface area contributed by atoms with Gasteiger partial charge in [-0.1, -0.05) is 13.8 Å². The van der Waals surface area contributed by atoms with Crippen LogP contribution in [0.1, 0.15) is 58.8 Å². The zero-order valence-corrected chi connectivity index (χ0v) is 13.5. The van der Waals surface area contributed by atoms with E-state index in [1.807, 2.05) is 18.7 Å². The lowest BCUT2D eigenvalue weighted by atomic mass is 9.49. The number of carbonyl (C=O) groups is 1. The second-order valence-corrected chi connectivity index (χ2v) is 9.10. The van der Waals surface area contributed by atoms with Crippen LogP contribution in [0.3, 0.4) is 0 Å². The molecule has 4 aliphatic carbocycles. The van der Waals surface area contributed by atoms with Crippen LogP contribution in [0.5, 0.6) is 0 Å². The third-order valence-corrected chi connectivity index (χ3v) is 7.05. The molecule has 0 unspecified atom stereocenters. The number of aliphatic hydroxyl groups is 1. The molecule has 0 atom stereocenters. The number of amides is 1. The summed E-state index contributed by atoms with van der Waals surface area (Å²) in [7, 11) is 0. The standard InChI is InChI=1S/C18H29NO2/c1-12(2)18(21)10-19(11-18)16(20)9-17-6-13-3-14(7-17)5-15(4-13)8-17/h12-15,21H,3-11H2,1-2H3. The van der Waals surface area contributed by atoms with Crippen LogP contribution in [-0.4, -0.2) is 34.6 Å². The van der Waals surface area contributed by atoms with E-state index in [4.69, 9.17) is 0 Å². The minimum atomic E-state index is -0.628. The van der Waals surface area contributed by atoms with Crippen LogP contribution < -0.4 is 0 Å². The average Bonchev–Trinajstić information content (AvgIpc) is 2.32. The normalized spacial score (nSPS) is 43.2. The summed E-state index contributed by atoms with van der Waals surface area (Å²) < 4.78 is 0. The van der Waals surface area contributed by atoms with Gasteiger partial charge in [0.1, 0.15) is 5.60 Å². The average molecular weight is 291 g/mol. The van der Waals surface area contributed by atoms with Crippen molar-refractivity contribution in [3.8, 4) is 0 Å². The number of β-amino-alcohol motifs (C(OH)–C–C–N with tert-alkyl or cyclic N) is 1. The Kier molecular flexibility index (Phi) is 2.99. The second-order valence-electron chi connectivity index (χ2n) is 9.10. The van der Waals surface area contributed by atoms with Crippen molar-refractivity contribution in [1.82, 2.24) is 4.90 Å². The Morgan fingerprint density at radius 1 is 1.10 bits per heavy atom. The summed E-state index contributed by atoms with van der Waals surface area (Å²) in [5.41, 5.74) is -0.297. The molecule has 4 saturated carbocycles. The SMILES string of the molecule is CC(C)C1(O)CN(C(=O)CC23CC4CC(CC(C4)C2)C3)C1. The molecule has 3 heteroatoms. The van der Waals surface area contributed by atoms with Gasteiger partial charge in [-0.25, -0.2) is 0 Å². The van der Waals surface area contributed by atoms with Crippen LogP contribution in [0.25, 0.3) is 0 Å². The summed E-state index contributed by atoms with van der Waals surface area (Å²) >= 11 is 0. The van der Waals surface area contributed by atoms with Crippen molar-refractivity contribution < 1.29 is 9.90 Å². The maximum absolute atomic E-state index is 12.6. The van der Waals surface area contributed by atoms with Crippen molar-refractivity contribution in [3.05, 3.63) is 0 Å². The summed E-state index contributed by atoms with van der Waals surface area (Å²) in [5, 5.41) is 10.3. The molecule has 0 aromatic carbocycles. The summed E-state index contributed by atoms with van der Waals surface area (Å²) in [6, 6.07) is 0. The lowest BCUT2D eigenvalue weighted by Crippen LogP contribution is -2.66. The summed E-state index contributed by atoms with van der Waals surface area (Å²) in [6.07, 6.45) is 8.95. The highest BCUT2D eigenvalue weighted by molar-refractivity contribution is 5.78. The van der Waals surface area contributed by atoms with Crippen LogP contribution in [0.2, 0.25) is 0 Å². The van der Waals surface area contributed by atoms with Gasteiger partial charge in [-0.2, -0.15) is 0 Å². The van der Waals surface area contributed by atoms with E-state index >= 15 is 0 Å². The highest BCUT2D eigenvalue weighted by Crippen LogP contribution is 2.61. The monoisotopic (exact) mass is 291 g/mol. The van der Waals surface area contributed by atoms with Crippen molar-refractivity contribution in [2.45, 2.75) is 64.4 Å². The molecule has 118 valence electrons. The predicted molar refractivity (Wildman–Crippen MR) is 81.6 cm³/mol. The molecule has 0 aromatic heterocycles. The van der Waals surface area contributed by atoms with Crippen LogP contribution in [0.15, 0.2) is 0 Å². The number of hydrogen-bond acceptors (Lipinski definition) is 2. The van der Waals surface area contributed by atoms with Gasteiger partial charge >= 0.3 is 0 Å². The van der Waals surface area contributed by atoms with Gasteiger partial charge in [0.2, 0.25) is 5.91 Å². The molecule has 1 N–H and O–H groups in total.